The van der Waals surface area contributed by atoms with Crippen LogP contribution >= 0.6 is 0 Å². The highest BCUT2D eigenvalue weighted by atomic mass is 16.5. The molecule has 150 valence electrons. The van der Waals surface area contributed by atoms with E-state index in [-0.39, 0.29) is 12.5 Å². The quantitative estimate of drug-likeness (QED) is 0.653. The third-order valence-corrected chi connectivity index (χ3v) is 4.21. The number of hydrogen-bond donors (Lipinski definition) is 2. The zero-order chi connectivity index (χ0) is 20.5. The van der Waals surface area contributed by atoms with Gasteiger partial charge in [0.05, 0.1) is 7.11 Å². The fourth-order valence-electron chi connectivity index (χ4n) is 2.78. The Hall–Kier alpha value is -3.22. The normalized spacial score (nSPS) is 10.2. The maximum absolute atomic E-state index is 12.5. The molecule has 0 atom stereocenters. The Morgan fingerprint density at radius 3 is 2.57 bits per heavy atom. The van der Waals surface area contributed by atoms with Gasteiger partial charge in [0.15, 0.2) is 18.1 Å². The van der Waals surface area contributed by atoms with E-state index in [0.717, 1.165) is 12.2 Å². The number of primary amides is 1. The molecule has 0 aliphatic heterocycles. The Morgan fingerprint density at radius 1 is 1.14 bits per heavy atom. The average Bonchev–Trinajstić information content (AvgIpc) is 2.69. The van der Waals surface area contributed by atoms with Gasteiger partial charge in [0, 0.05) is 30.9 Å². The van der Waals surface area contributed by atoms with Crippen molar-refractivity contribution in [3.05, 3.63) is 53.6 Å². The summed E-state index contributed by atoms with van der Waals surface area (Å²) in [5.41, 5.74) is 7.86. The molecule has 0 aromatic heterocycles. The van der Waals surface area contributed by atoms with Gasteiger partial charge in [-0.3, -0.25) is 9.59 Å². The van der Waals surface area contributed by atoms with E-state index < -0.39 is 5.91 Å². The van der Waals surface area contributed by atoms with Crippen LogP contribution in [0.25, 0.3) is 0 Å². The largest absolute Gasteiger partial charge is 0.493 e. The number of nitrogens with one attached hydrogen (secondary N) is 1. The molecule has 0 spiro atoms. The van der Waals surface area contributed by atoms with Crippen molar-refractivity contribution in [2.24, 2.45) is 5.73 Å². The number of amides is 2. The molecule has 0 aliphatic rings. The molecular formula is C21H27N3O4. The van der Waals surface area contributed by atoms with Crippen LogP contribution in [0, 0.1) is 6.92 Å². The Labute approximate surface area is 165 Å². The van der Waals surface area contributed by atoms with Crippen LogP contribution in [0.15, 0.2) is 42.5 Å². The summed E-state index contributed by atoms with van der Waals surface area (Å²) in [6.45, 7) is 5.93. The van der Waals surface area contributed by atoms with Crippen molar-refractivity contribution in [3.8, 4) is 11.5 Å². The molecule has 7 nitrogen and oxygen atoms in total. The molecule has 2 amide bonds. The maximum atomic E-state index is 12.5. The number of hydrogen-bond acceptors (Lipinski definition) is 5. The number of nitrogens with zero attached hydrogens (tertiary/aromatic N) is 1. The first-order valence-corrected chi connectivity index (χ1v) is 9.13. The molecule has 0 bridgehead atoms. The molecule has 2 rings (SSSR count). The van der Waals surface area contributed by atoms with Crippen molar-refractivity contribution in [3.63, 3.8) is 0 Å². The van der Waals surface area contributed by atoms with Crippen LogP contribution in [-0.4, -0.2) is 45.2 Å². The van der Waals surface area contributed by atoms with E-state index in [9.17, 15) is 9.59 Å². The van der Waals surface area contributed by atoms with Crippen molar-refractivity contribution >= 4 is 17.5 Å². The van der Waals surface area contributed by atoms with Crippen LogP contribution in [-0.2, 0) is 4.79 Å². The predicted molar refractivity (Wildman–Crippen MR) is 109 cm³/mol. The smallest absolute Gasteiger partial charge is 0.255 e. The SMILES string of the molecule is CCN(CCNC(=O)c1ccc(OCC(N)=O)c(OC)c1)c1cccc(C)c1. The summed E-state index contributed by atoms with van der Waals surface area (Å²) in [5.74, 6) is -0.0729. The lowest BCUT2D eigenvalue weighted by atomic mass is 10.2. The number of ether oxygens (including phenoxy) is 2. The van der Waals surface area contributed by atoms with Crippen LogP contribution in [0.3, 0.4) is 0 Å². The minimum absolute atomic E-state index is 0.208. The average molecular weight is 385 g/mol. The second kappa shape index (κ2) is 10.2. The highest BCUT2D eigenvalue weighted by molar-refractivity contribution is 5.94. The summed E-state index contributed by atoms with van der Waals surface area (Å²) in [6, 6.07) is 13.1. The number of carbonyl (C=O) groups excluding carboxylic acids is 2. The molecule has 0 saturated heterocycles. The van der Waals surface area contributed by atoms with E-state index in [1.165, 1.54) is 12.7 Å². The number of methoxy groups -OCH3 is 1. The molecular weight excluding hydrogens is 358 g/mol. The fourth-order valence-corrected chi connectivity index (χ4v) is 2.78. The molecule has 0 aliphatic carbocycles. The third-order valence-electron chi connectivity index (χ3n) is 4.21. The molecule has 2 aromatic rings. The van der Waals surface area contributed by atoms with Gasteiger partial charge in [-0.15, -0.1) is 0 Å². The van der Waals surface area contributed by atoms with Gasteiger partial charge in [-0.1, -0.05) is 12.1 Å². The van der Waals surface area contributed by atoms with Gasteiger partial charge in [0.2, 0.25) is 0 Å². The van der Waals surface area contributed by atoms with E-state index >= 15 is 0 Å². The minimum atomic E-state index is -0.585. The summed E-state index contributed by atoms with van der Waals surface area (Å²) < 4.78 is 10.5. The molecule has 0 saturated carbocycles. The topological polar surface area (TPSA) is 93.9 Å². The molecule has 7 heteroatoms. The van der Waals surface area contributed by atoms with Gasteiger partial charge in [0.25, 0.3) is 11.8 Å². The standard InChI is InChI=1S/C21H27N3O4/c1-4-24(17-7-5-6-15(2)12-17)11-10-23-21(26)16-8-9-18(19(13-16)27-3)28-14-20(22)25/h5-9,12-13H,4,10-11,14H2,1-3H3,(H2,22,25)(H,23,26). The minimum Gasteiger partial charge on any atom is -0.493 e. The lowest BCUT2D eigenvalue weighted by molar-refractivity contribution is -0.119. The number of aryl methyl sites for hydroxylation is 1. The molecule has 2 aromatic carbocycles. The van der Waals surface area contributed by atoms with Crippen molar-refractivity contribution < 1.29 is 19.1 Å². The highest BCUT2D eigenvalue weighted by Gasteiger charge is 2.12. The Kier molecular flexibility index (Phi) is 7.68. The first kappa shape index (κ1) is 21.1. The van der Waals surface area contributed by atoms with Crippen molar-refractivity contribution in [2.75, 3.05) is 38.3 Å². The first-order valence-electron chi connectivity index (χ1n) is 9.13. The molecule has 0 unspecified atom stereocenters. The van der Waals surface area contributed by atoms with E-state index in [2.05, 4.69) is 42.3 Å². The lowest BCUT2D eigenvalue weighted by Gasteiger charge is -2.23. The lowest BCUT2D eigenvalue weighted by Crippen LogP contribution is -2.35. The summed E-state index contributed by atoms with van der Waals surface area (Å²) in [4.78, 5) is 25.5. The van der Waals surface area contributed by atoms with Crippen molar-refractivity contribution in [1.82, 2.24) is 5.32 Å². The maximum Gasteiger partial charge on any atom is 0.255 e. The third kappa shape index (κ3) is 5.90. The number of carbonyl (C=O) groups is 2. The zero-order valence-electron chi connectivity index (χ0n) is 16.5. The van der Waals surface area contributed by atoms with Crippen LogP contribution in [0.5, 0.6) is 11.5 Å². The number of benzene rings is 2. The summed E-state index contributed by atoms with van der Waals surface area (Å²) in [6.07, 6.45) is 0. The zero-order valence-corrected chi connectivity index (χ0v) is 16.5. The number of rotatable bonds is 10. The molecule has 3 N–H and O–H groups in total. The molecule has 0 fully saturated rings. The number of nitrogens with two attached hydrogens (primary N) is 1. The molecule has 28 heavy (non-hydrogen) atoms. The Balaban J connectivity index is 1.95. The molecule has 0 radical (unpaired) electrons. The monoisotopic (exact) mass is 385 g/mol. The summed E-state index contributed by atoms with van der Waals surface area (Å²) >= 11 is 0. The summed E-state index contributed by atoms with van der Waals surface area (Å²) in [7, 11) is 1.47. The number of anilines is 1. The van der Waals surface area contributed by atoms with Crippen LogP contribution in [0.2, 0.25) is 0 Å². The van der Waals surface area contributed by atoms with E-state index in [1.54, 1.807) is 18.2 Å². The van der Waals surface area contributed by atoms with Crippen LogP contribution < -0.4 is 25.4 Å². The first-order chi connectivity index (χ1) is 13.4. The van der Waals surface area contributed by atoms with E-state index in [0.29, 0.717) is 30.2 Å². The van der Waals surface area contributed by atoms with Crippen molar-refractivity contribution in [2.45, 2.75) is 13.8 Å². The van der Waals surface area contributed by atoms with Crippen molar-refractivity contribution in [1.29, 1.82) is 0 Å². The van der Waals surface area contributed by atoms with E-state index in [1.807, 2.05) is 6.07 Å². The fraction of sp³-hybridized carbons (Fsp3) is 0.333. The van der Waals surface area contributed by atoms with Crippen LogP contribution in [0.1, 0.15) is 22.8 Å². The Bertz CT molecular complexity index is 823. The van der Waals surface area contributed by atoms with Gasteiger partial charge in [0.1, 0.15) is 0 Å². The number of likely N-dealkylation sites (N-methyl/N-ethyl adjacent to an activating group) is 1. The van der Waals surface area contributed by atoms with Gasteiger partial charge in [-0.2, -0.15) is 0 Å². The highest BCUT2D eigenvalue weighted by Crippen LogP contribution is 2.28. The molecule has 0 heterocycles. The summed E-state index contributed by atoms with van der Waals surface area (Å²) in [5, 5.41) is 2.92. The van der Waals surface area contributed by atoms with Crippen LogP contribution in [0.4, 0.5) is 5.69 Å². The van der Waals surface area contributed by atoms with E-state index in [4.69, 9.17) is 15.2 Å². The Morgan fingerprint density at radius 2 is 1.93 bits per heavy atom. The van der Waals surface area contributed by atoms with Gasteiger partial charge in [-0.05, 0) is 49.7 Å². The van der Waals surface area contributed by atoms with Gasteiger partial charge in [-0.25, -0.2) is 0 Å². The second-order valence-corrected chi connectivity index (χ2v) is 6.30. The van der Waals surface area contributed by atoms with Gasteiger partial charge < -0.3 is 25.4 Å². The van der Waals surface area contributed by atoms with Gasteiger partial charge >= 0.3 is 0 Å². The second-order valence-electron chi connectivity index (χ2n) is 6.30. The predicted octanol–water partition coefficient (Wildman–Crippen LogP) is 2.12.